The standard InChI is InChI=1S/C17H21N3O6S/c1-4-11-9(3)14(17(24)25-5-2)15(27-11)18-13(22)8-26-16(23)10-6-7-12(21)20-19-10/h4-8H2,1-3H3,(H,18,22)(H,20,21). The Balaban J connectivity index is 2.02. The number of nitrogens with one attached hydrogen (secondary N) is 2. The highest BCUT2D eigenvalue weighted by Crippen LogP contribution is 2.34. The Bertz CT molecular complexity index is 799. The number of amides is 2. The van der Waals surface area contributed by atoms with E-state index in [4.69, 9.17) is 9.47 Å². The normalized spacial score (nSPS) is 13.4. The first-order valence-corrected chi connectivity index (χ1v) is 9.30. The number of aryl methyl sites for hydroxylation is 1. The van der Waals surface area contributed by atoms with Gasteiger partial charge < -0.3 is 14.8 Å². The van der Waals surface area contributed by atoms with Crippen molar-refractivity contribution in [3.8, 4) is 0 Å². The summed E-state index contributed by atoms with van der Waals surface area (Å²) in [6.45, 7) is 5.14. The second kappa shape index (κ2) is 9.26. The molecule has 0 fully saturated rings. The molecule has 27 heavy (non-hydrogen) atoms. The van der Waals surface area contributed by atoms with Gasteiger partial charge in [0.05, 0.1) is 12.2 Å². The van der Waals surface area contributed by atoms with E-state index in [9.17, 15) is 19.2 Å². The second-order valence-electron chi connectivity index (χ2n) is 5.65. The maximum absolute atomic E-state index is 12.2. The van der Waals surface area contributed by atoms with E-state index in [1.165, 1.54) is 11.3 Å². The summed E-state index contributed by atoms with van der Waals surface area (Å²) in [6.07, 6.45) is 1.000. The van der Waals surface area contributed by atoms with E-state index in [1.54, 1.807) is 13.8 Å². The molecule has 1 aromatic heterocycles. The van der Waals surface area contributed by atoms with Crippen molar-refractivity contribution < 1.29 is 28.7 Å². The summed E-state index contributed by atoms with van der Waals surface area (Å²) in [5.74, 6) is -2.15. The molecule has 1 aliphatic heterocycles. The van der Waals surface area contributed by atoms with Gasteiger partial charge in [-0.25, -0.2) is 15.0 Å². The molecular weight excluding hydrogens is 374 g/mol. The summed E-state index contributed by atoms with van der Waals surface area (Å²) in [6, 6.07) is 0. The van der Waals surface area contributed by atoms with Crippen molar-refractivity contribution in [2.75, 3.05) is 18.5 Å². The van der Waals surface area contributed by atoms with Crippen LogP contribution >= 0.6 is 11.3 Å². The van der Waals surface area contributed by atoms with Gasteiger partial charge in [-0.1, -0.05) is 6.92 Å². The molecule has 0 saturated carbocycles. The minimum Gasteiger partial charge on any atom is -0.462 e. The first-order chi connectivity index (χ1) is 12.9. The van der Waals surface area contributed by atoms with Crippen LogP contribution in [0.3, 0.4) is 0 Å². The molecule has 0 spiro atoms. The van der Waals surface area contributed by atoms with Crippen LogP contribution in [0.25, 0.3) is 0 Å². The summed E-state index contributed by atoms with van der Waals surface area (Å²) in [4.78, 5) is 48.2. The molecule has 2 amide bonds. The molecule has 0 saturated heterocycles. The highest BCUT2D eigenvalue weighted by atomic mass is 32.1. The first-order valence-electron chi connectivity index (χ1n) is 8.49. The quantitative estimate of drug-likeness (QED) is 0.675. The van der Waals surface area contributed by atoms with E-state index in [2.05, 4.69) is 15.8 Å². The van der Waals surface area contributed by atoms with Crippen LogP contribution in [-0.4, -0.2) is 42.7 Å². The lowest BCUT2D eigenvalue weighted by atomic mass is 10.1. The fraction of sp³-hybridized carbons (Fsp3) is 0.471. The van der Waals surface area contributed by atoms with Gasteiger partial charge in [-0.2, -0.15) is 5.10 Å². The molecule has 2 N–H and O–H groups in total. The largest absolute Gasteiger partial charge is 0.462 e. The molecule has 2 rings (SSSR count). The highest BCUT2D eigenvalue weighted by molar-refractivity contribution is 7.17. The minimum absolute atomic E-state index is 0.0508. The Labute approximate surface area is 160 Å². The van der Waals surface area contributed by atoms with Crippen molar-refractivity contribution in [1.82, 2.24) is 5.43 Å². The van der Waals surface area contributed by atoms with Crippen molar-refractivity contribution >= 4 is 45.8 Å². The van der Waals surface area contributed by atoms with Crippen molar-refractivity contribution in [1.29, 1.82) is 0 Å². The summed E-state index contributed by atoms with van der Waals surface area (Å²) in [7, 11) is 0. The van der Waals surface area contributed by atoms with Gasteiger partial charge in [0.1, 0.15) is 10.7 Å². The molecule has 10 heteroatoms. The molecule has 1 aliphatic rings. The molecule has 0 aromatic carbocycles. The summed E-state index contributed by atoms with van der Waals surface area (Å²) < 4.78 is 9.97. The Hall–Kier alpha value is -2.75. The van der Waals surface area contributed by atoms with Crippen LogP contribution in [0.2, 0.25) is 0 Å². The van der Waals surface area contributed by atoms with Crippen LogP contribution in [0.5, 0.6) is 0 Å². The number of hydrogen-bond donors (Lipinski definition) is 2. The fourth-order valence-electron chi connectivity index (χ4n) is 2.43. The molecule has 146 valence electrons. The maximum Gasteiger partial charge on any atom is 0.355 e. The number of hydrogen-bond acceptors (Lipinski definition) is 8. The first kappa shape index (κ1) is 20.6. The molecule has 9 nitrogen and oxygen atoms in total. The van der Waals surface area contributed by atoms with Crippen molar-refractivity contribution in [3.63, 3.8) is 0 Å². The average Bonchev–Trinajstić information content (AvgIpc) is 2.95. The van der Waals surface area contributed by atoms with Gasteiger partial charge >= 0.3 is 11.9 Å². The number of esters is 2. The summed E-state index contributed by atoms with van der Waals surface area (Å²) in [5, 5.41) is 6.58. The number of carbonyl (C=O) groups is 4. The minimum atomic E-state index is -0.771. The van der Waals surface area contributed by atoms with E-state index >= 15 is 0 Å². The summed E-state index contributed by atoms with van der Waals surface area (Å²) in [5.41, 5.74) is 3.32. The number of nitrogens with zero attached hydrogens (tertiary/aromatic N) is 1. The topological polar surface area (TPSA) is 123 Å². The predicted molar refractivity (Wildman–Crippen MR) is 98.8 cm³/mol. The van der Waals surface area contributed by atoms with Gasteiger partial charge in [0.15, 0.2) is 6.61 Å². The number of hydrazone groups is 1. The third kappa shape index (κ3) is 5.13. The van der Waals surface area contributed by atoms with E-state index in [-0.39, 0.29) is 31.1 Å². The average molecular weight is 395 g/mol. The van der Waals surface area contributed by atoms with Crippen LogP contribution in [0, 0.1) is 6.92 Å². The van der Waals surface area contributed by atoms with Gasteiger partial charge in [-0.05, 0) is 25.8 Å². The van der Waals surface area contributed by atoms with Gasteiger partial charge in [-0.15, -0.1) is 11.3 Å². The maximum atomic E-state index is 12.2. The third-order valence-corrected chi connectivity index (χ3v) is 5.13. The Kier molecular flexibility index (Phi) is 7.05. The van der Waals surface area contributed by atoms with Crippen molar-refractivity contribution in [2.45, 2.75) is 40.0 Å². The van der Waals surface area contributed by atoms with E-state index in [1.807, 2.05) is 6.92 Å². The second-order valence-corrected chi connectivity index (χ2v) is 6.75. The van der Waals surface area contributed by atoms with Crippen molar-refractivity contribution in [2.24, 2.45) is 5.10 Å². The predicted octanol–water partition coefficient (Wildman–Crippen LogP) is 1.54. The molecule has 2 heterocycles. The van der Waals surface area contributed by atoms with Gasteiger partial charge in [0.2, 0.25) is 5.91 Å². The van der Waals surface area contributed by atoms with Crippen molar-refractivity contribution in [3.05, 3.63) is 16.0 Å². The third-order valence-electron chi connectivity index (χ3n) is 3.77. The zero-order chi connectivity index (χ0) is 20.0. The Morgan fingerprint density at radius 3 is 2.52 bits per heavy atom. The Morgan fingerprint density at radius 1 is 1.19 bits per heavy atom. The van der Waals surface area contributed by atoms with Crippen LogP contribution in [-0.2, 0) is 30.3 Å². The molecule has 0 aliphatic carbocycles. The molecule has 0 radical (unpaired) electrons. The van der Waals surface area contributed by atoms with Gasteiger partial charge in [-0.3, -0.25) is 9.59 Å². The zero-order valence-corrected chi connectivity index (χ0v) is 16.2. The molecule has 0 atom stereocenters. The smallest absolute Gasteiger partial charge is 0.355 e. The van der Waals surface area contributed by atoms with Gasteiger partial charge in [0, 0.05) is 17.7 Å². The van der Waals surface area contributed by atoms with Crippen LogP contribution < -0.4 is 10.7 Å². The lowest BCUT2D eigenvalue weighted by Crippen LogP contribution is -2.32. The van der Waals surface area contributed by atoms with Crippen LogP contribution in [0.1, 0.15) is 47.5 Å². The van der Waals surface area contributed by atoms with E-state index in [0.29, 0.717) is 17.0 Å². The number of rotatable bonds is 7. The number of thiophene rings is 1. The molecular formula is C17H21N3O6S. The van der Waals surface area contributed by atoms with E-state index in [0.717, 1.165) is 10.4 Å². The lowest BCUT2D eigenvalue weighted by molar-refractivity contribution is -0.140. The summed E-state index contributed by atoms with van der Waals surface area (Å²) >= 11 is 1.29. The number of carbonyl (C=O) groups excluding carboxylic acids is 4. The van der Waals surface area contributed by atoms with Crippen LogP contribution in [0.4, 0.5) is 5.00 Å². The van der Waals surface area contributed by atoms with Gasteiger partial charge in [0.25, 0.3) is 5.91 Å². The van der Waals surface area contributed by atoms with E-state index < -0.39 is 24.5 Å². The monoisotopic (exact) mass is 395 g/mol. The van der Waals surface area contributed by atoms with Crippen LogP contribution in [0.15, 0.2) is 5.10 Å². The number of anilines is 1. The lowest BCUT2D eigenvalue weighted by Gasteiger charge is -2.11. The zero-order valence-electron chi connectivity index (χ0n) is 15.3. The fourth-order valence-corrected chi connectivity index (χ4v) is 3.58. The highest BCUT2D eigenvalue weighted by Gasteiger charge is 2.24. The molecule has 0 bridgehead atoms. The molecule has 1 aromatic rings. The SMILES string of the molecule is CCOC(=O)c1c(NC(=O)COC(=O)C2=NNC(=O)CC2)sc(CC)c1C. The number of ether oxygens (including phenoxy) is 2. The Morgan fingerprint density at radius 2 is 1.93 bits per heavy atom. The molecule has 0 unspecified atom stereocenters.